The van der Waals surface area contributed by atoms with Crippen molar-refractivity contribution in [1.82, 2.24) is 25.0 Å². The molecular formula is C23H20Cl2N6O8. The Kier molecular flexibility index (Phi) is 8.34. The number of ether oxygens (including phenoxy) is 5. The number of hydrogen-bond donors (Lipinski definition) is 1. The fourth-order valence-electron chi connectivity index (χ4n) is 3.21. The number of benzene rings is 1. The second kappa shape index (κ2) is 11.7. The summed E-state index contributed by atoms with van der Waals surface area (Å²) in [5.74, 6) is 0.0165. The van der Waals surface area contributed by atoms with E-state index < -0.39 is 29.4 Å². The standard InChI is InChI=1S/C23H20Cl2N6O8/c1-10(2)14-6-18(28-29-21(14)36-11(3)37-23(34)38-13-8-35-9-13)39-19-15(24)4-12(5-16(19)25)31-22(33)27-20(32)17(7-26)30-31/h4-6,10-11,13H,8-9H2,1-3H3,(H,27,32,33). The molecule has 1 unspecified atom stereocenters. The molecule has 1 N–H and O–H groups in total. The maximum absolute atomic E-state index is 12.2. The molecule has 39 heavy (non-hydrogen) atoms. The lowest BCUT2D eigenvalue weighted by atomic mass is 10.1. The van der Waals surface area contributed by atoms with Gasteiger partial charge in [-0.2, -0.15) is 9.94 Å². The van der Waals surface area contributed by atoms with E-state index in [9.17, 15) is 14.4 Å². The molecule has 3 heterocycles. The van der Waals surface area contributed by atoms with Gasteiger partial charge in [-0.3, -0.25) is 9.78 Å². The summed E-state index contributed by atoms with van der Waals surface area (Å²) in [6.07, 6.45) is -2.27. The van der Waals surface area contributed by atoms with E-state index in [1.54, 1.807) is 12.1 Å². The normalized spacial score (nSPS) is 13.8. The number of carbonyl (C=O) groups is 1. The number of aromatic amines is 1. The van der Waals surface area contributed by atoms with Gasteiger partial charge in [-0.25, -0.2) is 9.59 Å². The first-order valence-corrected chi connectivity index (χ1v) is 12.1. The average molecular weight is 579 g/mol. The summed E-state index contributed by atoms with van der Waals surface area (Å²) in [4.78, 5) is 37.7. The molecule has 2 aromatic heterocycles. The van der Waals surface area contributed by atoms with Gasteiger partial charge in [0.1, 0.15) is 6.07 Å². The van der Waals surface area contributed by atoms with Crippen LogP contribution in [-0.4, -0.2) is 56.7 Å². The smallest absolute Gasteiger partial charge is 0.436 e. The first-order valence-electron chi connectivity index (χ1n) is 11.4. The van der Waals surface area contributed by atoms with Gasteiger partial charge < -0.3 is 23.7 Å². The van der Waals surface area contributed by atoms with Gasteiger partial charge in [-0.15, -0.1) is 15.3 Å². The highest BCUT2D eigenvalue weighted by molar-refractivity contribution is 6.37. The number of carbonyl (C=O) groups excluding carboxylic acids is 1. The molecule has 16 heteroatoms. The maximum atomic E-state index is 12.2. The number of rotatable bonds is 8. The highest BCUT2D eigenvalue weighted by Gasteiger charge is 2.26. The van der Waals surface area contributed by atoms with E-state index in [4.69, 9.17) is 52.1 Å². The van der Waals surface area contributed by atoms with Crippen LogP contribution in [0.2, 0.25) is 10.0 Å². The summed E-state index contributed by atoms with van der Waals surface area (Å²) in [6, 6.07) is 5.75. The van der Waals surface area contributed by atoms with Crippen molar-refractivity contribution >= 4 is 29.4 Å². The van der Waals surface area contributed by atoms with E-state index in [0.717, 1.165) is 4.68 Å². The van der Waals surface area contributed by atoms with Crippen LogP contribution >= 0.6 is 23.2 Å². The van der Waals surface area contributed by atoms with Crippen LogP contribution in [0.3, 0.4) is 0 Å². The van der Waals surface area contributed by atoms with Crippen molar-refractivity contribution in [2.75, 3.05) is 13.2 Å². The molecule has 4 rings (SSSR count). The Bertz CT molecular complexity index is 1540. The van der Waals surface area contributed by atoms with Crippen molar-refractivity contribution in [2.24, 2.45) is 0 Å². The fourth-order valence-corrected chi connectivity index (χ4v) is 3.77. The number of nitriles is 1. The summed E-state index contributed by atoms with van der Waals surface area (Å²) >= 11 is 12.7. The number of nitrogens with one attached hydrogen (secondary N) is 1. The Morgan fingerprint density at radius 2 is 1.87 bits per heavy atom. The molecule has 0 amide bonds. The topological polar surface area (TPSA) is 181 Å². The lowest BCUT2D eigenvalue weighted by Gasteiger charge is -2.25. The zero-order valence-corrected chi connectivity index (χ0v) is 22.1. The first-order chi connectivity index (χ1) is 18.5. The fraction of sp³-hybridized carbons (Fsp3) is 0.348. The van der Waals surface area contributed by atoms with Crippen molar-refractivity contribution < 1.29 is 28.5 Å². The molecule has 1 aromatic carbocycles. The summed E-state index contributed by atoms with van der Waals surface area (Å²) in [7, 11) is 0. The minimum absolute atomic E-state index is 0.00263. The van der Waals surface area contributed by atoms with Crippen molar-refractivity contribution in [3.63, 3.8) is 0 Å². The van der Waals surface area contributed by atoms with Gasteiger partial charge in [0.25, 0.3) is 5.56 Å². The number of aromatic nitrogens is 5. The van der Waals surface area contributed by atoms with E-state index in [1.165, 1.54) is 19.1 Å². The summed E-state index contributed by atoms with van der Waals surface area (Å²) in [5.41, 5.74) is -1.69. The first kappa shape index (κ1) is 27.8. The van der Waals surface area contributed by atoms with E-state index in [0.29, 0.717) is 18.8 Å². The monoisotopic (exact) mass is 578 g/mol. The predicted molar refractivity (Wildman–Crippen MR) is 134 cm³/mol. The van der Waals surface area contributed by atoms with E-state index in [-0.39, 0.29) is 45.3 Å². The number of nitrogens with zero attached hydrogens (tertiary/aromatic N) is 5. The van der Waals surface area contributed by atoms with Crippen LogP contribution in [0, 0.1) is 11.3 Å². The number of H-pyrrole nitrogens is 1. The molecule has 0 spiro atoms. The van der Waals surface area contributed by atoms with Gasteiger partial charge in [0.15, 0.2) is 11.9 Å². The molecule has 0 radical (unpaired) electrons. The van der Waals surface area contributed by atoms with E-state index in [2.05, 4.69) is 15.3 Å². The van der Waals surface area contributed by atoms with Crippen LogP contribution < -0.4 is 20.7 Å². The Morgan fingerprint density at radius 3 is 2.46 bits per heavy atom. The zero-order chi connectivity index (χ0) is 28.3. The second-order valence-electron chi connectivity index (χ2n) is 8.40. The lowest BCUT2D eigenvalue weighted by molar-refractivity contribution is -0.131. The predicted octanol–water partition coefficient (Wildman–Crippen LogP) is 3.08. The molecular weight excluding hydrogens is 559 g/mol. The molecule has 0 aliphatic carbocycles. The van der Waals surface area contributed by atoms with Crippen molar-refractivity contribution in [2.45, 2.75) is 39.1 Å². The molecule has 14 nitrogen and oxygen atoms in total. The van der Waals surface area contributed by atoms with Gasteiger partial charge in [-0.05, 0) is 18.1 Å². The Hall–Kier alpha value is -4.19. The summed E-state index contributed by atoms with van der Waals surface area (Å²) in [6.45, 7) is 5.89. The number of halogens is 2. The highest BCUT2D eigenvalue weighted by Crippen LogP contribution is 2.38. The maximum Gasteiger partial charge on any atom is 0.511 e. The number of hydrogen-bond acceptors (Lipinski definition) is 12. The Labute approximate surface area is 229 Å². The van der Waals surface area contributed by atoms with Gasteiger partial charge in [-0.1, -0.05) is 37.0 Å². The quantitative estimate of drug-likeness (QED) is 0.305. The SMILES string of the molecule is CC(OC(=O)OC1COC1)Oc1nnc(Oc2c(Cl)cc(-n3nc(C#N)c(=O)[nH]c3=O)cc2Cl)cc1C(C)C. The van der Waals surface area contributed by atoms with Gasteiger partial charge in [0, 0.05) is 18.6 Å². The molecule has 0 bridgehead atoms. The molecule has 1 aliphatic heterocycles. The molecule has 1 saturated heterocycles. The lowest BCUT2D eigenvalue weighted by Crippen LogP contribution is -2.38. The van der Waals surface area contributed by atoms with Crippen molar-refractivity contribution in [3.05, 3.63) is 60.3 Å². The van der Waals surface area contributed by atoms with Gasteiger partial charge in [0.05, 0.1) is 28.9 Å². The van der Waals surface area contributed by atoms with Crippen LogP contribution in [0.1, 0.15) is 37.9 Å². The molecule has 204 valence electrons. The molecule has 1 aliphatic rings. The third-order valence-corrected chi connectivity index (χ3v) is 5.73. The third-order valence-electron chi connectivity index (χ3n) is 5.17. The van der Waals surface area contributed by atoms with Crippen LogP contribution in [0.25, 0.3) is 5.69 Å². The van der Waals surface area contributed by atoms with Crippen LogP contribution in [0.5, 0.6) is 17.5 Å². The Morgan fingerprint density at radius 1 is 1.18 bits per heavy atom. The zero-order valence-electron chi connectivity index (χ0n) is 20.6. The molecule has 0 saturated carbocycles. The molecule has 3 aromatic rings. The summed E-state index contributed by atoms with van der Waals surface area (Å²) in [5, 5.41) is 20.7. The average Bonchev–Trinajstić information content (AvgIpc) is 2.84. The van der Waals surface area contributed by atoms with Crippen molar-refractivity contribution in [1.29, 1.82) is 5.26 Å². The molecule has 1 fully saturated rings. The third kappa shape index (κ3) is 6.45. The summed E-state index contributed by atoms with van der Waals surface area (Å²) < 4.78 is 27.3. The van der Waals surface area contributed by atoms with Crippen LogP contribution in [-0.2, 0) is 14.2 Å². The minimum Gasteiger partial charge on any atom is -0.436 e. The largest absolute Gasteiger partial charge is 0.511 e. The highest BCUT2D eigenvalue weighted by atomic mass is 35.5. The minimum atomic E-state index is -1.03. The van der Waals surface area contributed by atoms with Crippen molar-refractivity contribution in [3.8, 4) is 29.3 Å². The van der Waals surface area contributed by atoms with E-state index in [1.807, 2.05) is 18.8 Å². The van der Waals surface area contributed by atoms with Gasteiger partial charge >= 0.3 is 11.8 Å². The Balaban J connectivity index is 1.54. The van der Waals surface area contributed by atoms with Crippen LogP contribution in [0.4, 0.5) is 4.79 Å². The molecule has 1 atom stereocenters. The van der Waals surface area contributed by atoms with E-state index >= 15 is 0 Å². The second-order valence-corrected chi connectivity index (χ2v) is 9.21. The van der Waals surface area contributed by atoms with Crippen LogP contribution in [0.15, 0.2) is 27.8 Å². The van der Waals surface area contributed by atoms with Gasteiger partial charge in [0.2, 0.25) is 23.7 Å².